The maximum Gasteiger partial charge on any atom is 0.431 e. The van der Waals surface area contributed by atoms with Gasteiger partial charge in [-0.05, 0) is 30.4 Å². The smallest absolute Gasteiger partial charge is 0.339 e. The minimum atomic E-state index is -4.61. The summed E-state index contributed by atoms with van der Waals surface area (Å²) in [4.78, 5) is 14.1. The van der Waals surface area contributed by atoms with Crippen LogP contribution in [0.2, 0.25) is 0 Å². The first-order chi connectivity index (χ1) is 10.9. The van der Waals surface area contributed by atoms with Crippen LogP contribution in [0, 0.1) is 0 Å². The fourth-order valence-electron chi connectivity index (χ4n) is 3.08. The van der Waals surface area contributed by atoms with E-state index in [1.54, 1.807) is 4.90 Å². The predicted molar refractivity (Wildman–Crippen MR) is 75.4 cm³/mol. The summed E-state index contributed by atoms with van der Waals surface area (Å²) in [7, 11) is 0. The third-order valence-electron chi connectivity index (χ3n) is 4.32. The van der Waals surface area contributed by atoms with Crippen molar-refractivity contribution < 1.29 is 22.4 Å². The van der Waals surface area contributed by atoms with Gasteiger partial charge >= 0.3 is 6.18 Å². The molecular formula is C15H17F4N3O. The van der Waals surface area contributed by atoms with Gasteiger partial charge in [0.05, 0.1) is 11.9 Å². The minimum Gasteiger partial charge on any atom is -0.339 e. The van der Waals surface area contributed by atoms with Crippen LogP contribution in [0.4, 0.5) is 17.6 Å². The van der Waals surface area contributed by atoms with E-state index in [0.717, 1.165) is 17.4 Å². The standard InChI is InChI=1S/C15H17F4N3O/c16-5-9(6-20)7-21-8-12-11(13(21)15(17,18)19)3-4-22(14(12)23)10-1-2-10/h5,8,10H,1-4,6-7,20H2/b9-5+. The zero-order valence-corrected chi connectivity index (χ0v) is 12.4. The van der Waals surface area contributed by atoms with Crippen LogP contribution in [-0.4, -0.2) is 34.5 Å². The molecule has 0 unspecified atom stereocenters. The lowest BCUT2D eigenvalue weighted by atomic mass is 10.0. The van der Waals surface area contributed by atoms with E-state index < -0.39 is 11.9 Å². The molecule has 1 saturated carbocycles. The van der Waals surface area contributed by atoms with Crippen molar-refractivity contribution in [2.24, 2.45) is 5.73 Å². The lowest BCUT2D eigenvalue weighted by molar-refractivity contribution is -0.144. The van der Waals surface area contributed by atoms with Gasteiger partial charge in [0, 0.05) is 31.9 Å². The summed E-state index contributed by atoms with van der Waals surface area (Å²) < 4.78 is 53.9. The molecule has 2 N–H and O–H groups in total. The normalized spacial score (nSPS) is 19.3. The van der Waals surface area contributed by atoms with Gasteiger partial charge in [-0.25, -0.2) is 4.39 Å². The van der Waals surface area contributed by atoms with Crippen molar-refractivity contribution in [2.75, 3.05) is 13.1 Å². The van der Waals surface area contributed by atoms with Gasteiger partial charge in [-0.15, -0.1) is 0 Å². The van der Waals surface area contributed by atoms with E-state index >= 15 is 0 Å². The Morgan fingerprint density at radius 2 is 2.09 bits per heavy atom. The van der Waals surface area contributed by atoms with Crippen LogP contribution >= 0.6 is 0 Å². The minimum absolute atomic E-state index is 0.00892. The highest BCUT2D eigenvalue weighted by molar-refractivity contribution is 5.97. The Morgan fingerprint density at radius 1 is 1.39 bits per heavy atom. The van der Waals surface area contributed by atoms with Crippen molar-refractivity contribution in [1.82, 2.24) is 9.47 Å². The number of aromatic nitrogens is 1. The van der Waals surface area contributed by atoms with Gasteiger partial charge in [0.2, 0.25) is 0 Å². The molecule has 1 aliphatic carbocycles. The molecule has 2 aliphatic rings. The number of nitrogens with two attached hydrogens (primary N) is 1. The highest BCUT2D eigenvalue weighted by Crippen LogP contribution is 2.39. The van der Waals surface area contributed by atoms with E-state index in [0.29, 0.717) is 6.54 Å². The first kappa shape index (κ1) is 16.0. The van der Waals surface area contributed by atoms with Crippen LogP contribution in [-0.2, 0) is 19.1 Å². The second kappa shape index (κ2) is 5.67. The number of rotatable bonds is 4. The van der Waals surface area contributed by atoms with Crippen LogP contribution in [0.25, 0.3) is 0 Å². The van der Waals surface area contributed by atoms with E-state index in [1.165, 1.54) is 6.20 Å². The van der Waals surface area contributed by atoms with Crippen LogP contribution < -0.4 is 5.73 Å². The van der Waals surface area contributed by atoms with Crippen molar-refractivity contribution in [1.29, 1.82) is 0 Å². The fourth-order valence-corrected chi connectivity index (χ4v) is 3.08. The van der Waals surface area contributed by atoms with E-state index in [2.05, 4.69) is 0 Å². The average molecular weight is 331 g/mol. The molecule has 0 radical (unpaired) electrons. The Hall–Kier alpha value is -1.83. The molecule has 126 valence electrons. The highest BCUT2D eigenvalue weighted by atomic mass is 19.4. The maximum atomic E-state index is 13.4. The van der Waals surface area contributed by atoms with Crippen LogP contribution in [0.1, 0.15) is 34.5 Å². The maximum absolute atomic E-state index is 13.4. The van der Waals surface area contributed by atoms with Crippen LogP contribution in [0.3, 0.4) is 0 Å². The largest absolute Gasteiger partial charge is 0.431 e. The van der Waals surface area contributed by atoms with E-state index in [4.69, 9.17) is 5.73 Å². The Balaban J connectivity index is 2.03. The van der Waals surface area contributed by atoms with Gasteiger partial charge in [-0.3, -0.25) is 4.79 Å². The average Bonchev–Trinajstić information content (AvgIpc) is 3.24. The molecule has 1 aromatic heterocycles. The summed E-state index contributed by atoms with van der Waals surface area (Å²) in [6.45, 7) is -0.198. The Morgan fingerprint density at radius 3 is 2.61 bits per heavy atom. The molecule has 8 heteroatoms. The first-order valence-corrected chi connectivity index (χ1v) is 7.45. The van der Waals surface area contributed by atoms with Crippen LogP contribution in [0.5, 0.6) is 0 Å². The molecule has 4 nitrogen and oxygen atoms in total. The quantitative estimate of drug-likeness (QED) is 0.862. The Kier molecular flexibility index (Phi) is 3.95. The number of hydrogen-bond donors (Lipinski definition) is 1. The second-order valence-electron chi connectivity index (χ2n) is 5.95. The molecule has 1 fully saturated rings. The molecule has 1 amide bonds. The predicted octanol–water partition coefficient (Wildman–Crippen LogP) is 2.48. The van der Waals surface area contributed by atoms with Gasteiger partial charge in [0.15, 0.2) is 0 Å². The van der Waals surface area contributed by atoms with Gasteiger partial charge in [0.1, 0.15) is 5.69 Å². The van der Waals surface area contributed by atoms with Crippen molar-refractivity contribution in [2.45, 2.75) is 38.0 Å². The summed E-state index contributed by atoms with van der Waals surface area (Å²) in [5, 5.41) is 0. The fraction of sp³-hybridized carbons (Fsp3) is 0.533. The van der Waals surface area contributed by atoms with Gasteiger partial charge in [-0.1, -0.05) is 0 Å². The molecule has 0 bridgehead atoms. The second-order valence-corrected chi connectivity index (χ2v) is 5.95. The zero-order valence-electron chi connectivity index (χ0n) is 12.4. The van der Waals surface area contributed by atoms with Crippen molar-refractivity contribution >= 4 is 5.91 Å². The topological polar surface area (TPSA) is 51.3 Å². The third-order valence-corrected chi connectivity index (χ3v) is 4.32. The SMILES string of the molecule is NC/C(=C\F)Cn1cc2c(c1C(F)(F)F)CCN(C1CC1)C2=O. The lowest BCUT2D eigenvalue weighted by Crippen LogP contribution is -2.39. The molecule has 1 aliphatic heterocycles. The third kappa shape index (κ3) is 2.87. The first-order valence-electron chi connectivity index (χ1n) is 7.45. The summed E-state index contributed by atoms with van der Waals surface area (Å²) in [6, 6.07) is 0.152. The lowest BCUT2D eigenvalue weighted by Gasteiger charge is -2.27. The number of fused-ring (bicyclic) bond motifs is 1. The monoisotopic (exact) mass is 331 g/mol. The molecule has 23 heavy (non-hydrogen) atoms. The number of amides is 1. The molecule has 0 atom stereocenters. The van der Waals surface area contributed by atoms with Crippen molar-refractivity contribution in [3.63, 3.8) is 0 Å². The summed E-state index contributed by atoms with van der Waals surface area (Å²) >= 11 is 0. The molecule has 3 rings (SSSR count). The van der Waals surface area contributed by atoms with Crippen molar-refractivity contribution in [3.05, 3.63) is 34.9 Å². The van der Waals surface area contributed by atoms with Gasteiger partial charge < -0.3 is 15.2 Å². The van der Waals surface area contributed by atoms with Crippen LogP contribution in [0.15, 0.2) is 18.1 Å². The van der Waals surface area contributed by atoms with E-state index in [9.17, 15) is 22.4 Å². The molecule has 0 spiro atoms. The summed E-state index contributed by atoms with van der Waals surface area (Å²) in [5.74, 6) is -0.364. The van der Waals surface area contributed by atoms with E-state index in [-0.39, 0.29) is 54.5 Å². The molecule has 0 aromatic carbocycles. The van der Waals surface area contributed by atoms with E-state index in [1.807, 2.05) is 0 Å². The number of halogens is 4. The number of carbonyl (C=O) groups is 1. The summed E-state index contributed by atoms with van der Waals surface area (Å²) in [5.41, 5.74) is 4.58. The number of alkyl halides is 3. The van der Waals surface area contributed by atoms with Crippen molar-refractivity contribution in [3.8, 4) is 0 Å². The highest BCUT2D eigenvalue weighted by Gasteiger charge is 2.44. The Labute approximate surface area is 130 Å². The summed E-state index contributed by atoms with van der Waals surface area (Å²) in [6.07, 6.45) is -1.24. The van der Waals surface area contributed by atoms with Gasteiger partial charge in [0.25, 0.3) is 5.91 Å². The number of hydrogen-bond acceptors (Lipinski definition) is 2. The number of nitrogens with zero attached hydrogens (tertiary/aromatic N) is 2. The molecule has 2 heterocycles. The zero-order chi connectivity index (χ0) is 16.8. The Bertz CT molecular complexity index is 658. The van der Waals surface area contributed by atoms with Gasteiger partial charge in [-0.2, -0.15) is 13.2 Å². The molecule has 0 saturated heterocycles. The molecule has 1 aromatic rings. The molecular weight excluding hydrogens is 314 g/mol. The number of carbonyl (C=O) groups excluding carboxylic acids is 1.